The molecule has 0 spiro atoms. The maximum atomic E-state index is 10.1. The quantitative estimate of drug-likeness (QED) is 0.706. The molecule has 5 heteroatoms. The van der Waals surface area contributed by atoms with Gasteiger partial charge in [-0.25, -0.2) is 0 Å². The second-order valence-electron chi connectivity index (χ2n) is 5.04. The molecule has 0 amide bonds. The second kappa shape index (κ2) is 4.76. The van der Waals surface area contributed by atoms with Gasteiger partial charge in [-0.1, -0.05) is 13.8 Å². The third-order valence-electron chi connectivity index (χ3n) is 3.13. The standard InChI is InChI=1S/C10H19N3OSi/c1-10(2,15(3,4)14)5-8(6-11)9(13)7-12/h8-9,14H,5,13H2,1-4H3/t8-,9+/m1/s1. The van der Waals surface area contributed by atoms with E-state index in [1.807, 2.05) is 39.1 Å². The highest BCUT2D eigenvalue weighted by atomic mass is 28.4. The maximum Gasteiger partial charge on any atom is 0.188 e. The van der Waals surface area contributed by atoms with E-state index in [1.165, 1.54) is 0 Å². The van der Waals surface area contributed by atoms with Gasteiger partial charge >= 0.3 is 0 Å². The number of hydrogen-bond donors (Lipinski definition) is 2. The zero-order valence-electron chi connectivity index (χ0n) is 9.78. The average Bonchev–Trinajstić information content (AvgIpc) is 2.11. The normalized spacial score (nSPS) is 16.3. The summed E-state index contributed by atoms with van der Waals surface area (Å²) in [5.41, 5.74) is 5.53. The molecule has 0 aliphatic heterocycles. The van der Waals surface area contributed by atoms with E-state index in [2.05, 4.69) is 0 Å². The van der Waals surface area contributed by atoms with Gasteiger partial charge in [0.2, 0.25) is 0 Å². The fourth-order valence-corrected chi connectivity index (χ4v) is 1.86. The molecule has 0 bridgehead atoms. The Labute approximate surface area is 92.4 Å². The number of nitrogens with zero attached hydrogens (tertiary/aromatic N) is 2. The van der Waals surface area contributed by atoms with E-state index in [1.54, 1.807) is 0 Å². The molecule has 4 nitrogen and oxygen atoms in total. The summed E-state index contributed by atoms with van der Waals surface area (Å²) >= 11 is 0. The molecule has 0 aliphatic rings. The summed E-state index contributed by atoms with van der Waals surface area (Å²) in [6, 6.07) is 3.15. The van der Waals surface area contributed by atoms with Crippen LogP contribution < -0.4 is 5.73 Å². The number of rotatable bonds is 4. The highest BCUT2D eigenvalue weighted by molar-refractivity contribution is 6.72. The van der Waals surface area contributed by atoms with Crippen molar-refractivity contribution in [1.29, 1.82) is 10.5 Å². The van der Waals surface area contributed by atoms with Crippen molar-refractivity contribution in [3.63, 3.8) is 0 Å². The summed E-state index contributed by atoms with van der Waals surface area (Å²) in [4.78, 5) is 10.1. The van der Waals surface area contributed by atoms with Gasteiger partial charge < -0.3 is 10.5 Å². The van der Waals surface area contributed by atoms with E-state index in [-0.39, 0.29) is 5.04 Å². The van der Waals surface area contributed by atoms with Gasteiger partial charge in [0.1, 0.15) is 6.04 Å². The molecule has 3 N–H and O–H groups in total. The first-order valence-electron chi connectivity index (χ1n) is 4.93. The van der Waals surface area contributed by atoms with Gasteiger partial charge in [0, 0.05) is 0 Å². The molecule has 0 aromatic carbocycles. The van der Waals surface area contributed by atoms with Crippen molar-refractivity contribution in [3.8, 4) is 12.1 Å². The van der Waals surface area contributed by atoms with Gasteiger partial charge in [0.05, 0.1) is 18.1 Å². The molecular weight excluding hydrogens is 206 g/mol. The average molecular weight is 225 g/mol. The molecule has 0 heterocycles. The number of nitrogens with two attached hydrogens (primary N) is 1. The molecule has 0 aromatic rings. The molecule has 0 saturated heterocycles. The van der Waals surface area contributed by atoms with E-state index in [9.17, 15) is 4.80 Å². The van der Waals surface area contributed by atoms with Crippen molar-refractivity contribution in [2.75, 3.05) is 0 Å². The Bertz CT molecular complexity index is 295. The monoisotopic (exact) mass is 225 g/mol. The Morgan fingerprint density at radius 2 is 1.80 bits per heavy atom. The van der Waals surface area contributed by atoms with Gasteiger partial charge in [-0.2, -0.15) is 10.5 Å². The first kappa shape index (κ1) is 14.1. The lowest BCUT2D eigenvalue weighted by Crippen LogP contribution is -2.42. The SMILES string of the molecule is CC(C)(C[C@H](C#N)[C@@H](N)C#N)[Si](C)(C)O. The fourth-order valence-electron chi connectivity index (χ4n) is 1.14. The predicted octanol–water partition coefficient (Wildman–Crippen LogP) is 1.34. The van der Waals surface area contributed by atoms with Crippen LogP contribution in [0.5, 0.6) is 0 Å². The number of hydrogen-bond acceptors (Lipinski definition) is 4. The van der Waals surface area contributed by atoms with Gasteiger partial charge in [-0.05, 0) is 24.6 Å². The van der Waals surface area contributed by atoms with Crippen LogP contribution in [0.1, 0.15) is 20.3 Å². The van der Waals surface area contributed by atoms with Crippen molar-refractivity contribution in [2.45, 2.75) is 44.4 Å². The molecular formula is C10H19N3OSi. The first-order chi connectivity index (χ1) is 6.65. The van der Waals surface area contributed by atoms with E-state index in [0.717, 1.165) is 0 Å². The fraction of sp³-hybridized carbons (Fsp3) is 0.800. The lowest BCUT2D eigenvalue weighted by molar-refractivity contribution is 0.401. The Kier molecular flexibility index (Phi) is 4.48. The summed E-state index contributed by atoms with van der Waals surface area (Å²) in [5, 5.41) is 17.3. The molecule has 0 aliphatic carbocycles. The van der Waals surface area contributed by atoms with E-state index >= 15 is 0 Å². The lowest BCUT2D eigenvalue weighted by Gasteiger charge is -2.36. The van der Waals surface area contributed by atoms with Crippen LogP contribution in [0.15, 0.2) is 0 Å². The Morgan fingerprint density at radius 3 is 2.07 bits per heavy atom. The minimum Gasteiger partial charge on any atom is -0.432 e. The minimum absolute atomic E-state index is 0.318. The van der Waals surface area contributed by atoms with Gasteiger partial charge in [0.15, 0.2) is 8.32 Å². The molecule has 0 aromatic heterocycles. The third kappa shape index (κ3) is 3.64. The van der Waals surface area contributed by atoms with Gasteiger partial charge in [0.25, 0.3) is 0 Å². The maximum absolute atomic E-state index is 10.1. The van der Waals surface area contributed by atoms with Crippen molar-refractivity contribution in [1.82, 2.24) is 0 Å². The Hall–Kier alpha value is -0.883. The highest BCUT2D eigenvalue weighted by Crippen LogP contribution is 2.41. The van der Waals surface area contributed by atoms with E-state index in [4.69, 9.17) is 16.3 Å². The van der Waals surface area contributed by atoms with Gasteiger partial charge in [-0.15, -0.1) is 0 Å². The van der Waals surface area contributed by atoms with Crippen molar-refractivity contribution in [3.05, 3.63) is 0 Å². The Morgan fingerprint density at radius 1 is 1.33 bits per heavy atom. The lowest BCUT2D eigenvalue weighted by atomic mass is 9.92. The van der Waals surface area contributed by atoms with Crippen molar-refractivity contribution < 1.29 is 4.80 Å². The zero-order chi connectivity index (χ0) is 12.3. The molecule has 84 valence electrons. The molecule has 0 unspecified atom stereocenters. The molecule has 15 heavy (non-hydrogen) atoms. The first-order valence-corrected chi connectivity index (χ1v) is 7.87. The summed E-state index contributed by atoms with van der Waals surface area (Å²) in [5.74, 6) is -0.510. The van der Waals surface area contributed by atoms with Crippen LogP contribution in [-0.4, -0.2) is 19.2 Å². The topological polar surface area (TPSA) is 93.8 Å². The molecule has 0 fully saturated rings. The largest absolute Gasteiger partial charge is 0.432 e. The smallest absolute Gasteiger partial charge is 0.188 e. The van der Waals surface area contributed by atoms with Crippen LogP contribution in [0.4, 0.5) is 0 Å². The summed E-state index contributed by atoms with van der Waals surface area (Å²) in [6.45, 7) is 7.51. The van der Waals surface area contributed by atoms with Crippen molar-refractivity contribution in [2.24, 2.45) is 11.7 Å². The van der Waals surface area contributed by atoms with E-state index in [0.29, 0.717) is 6.42 Å². The molecule has 2 atom stereocenters. The van der Waals surface area contributed by atoms with Crippen LogP contribution >= 0.6 is 0 Å². The van der Waals surface area contributed by atoms with Crippen LogP contribution in [0.2, 0.25) is 18.1 Å². The van der Waals surface area contributed by atoms with Gasteiger partial charge in [-0.3, -0.25) is 0 Å². The van der Waals surface area contributed by atoms with Crippen LogP contribution in [0.25, 0.3) is 0 Å². The Balaban J connectivity index is 4.73. The second-order valence-corrected chi connectivity index (χ2v) is 9.51. The third-order valence-corrected chi connectivity index (χ3v) is 6.65. The van der Waals surface area contributed by atoms with Crippen LogP contribution in [-0.2, 0) is 0 Å². The van der Waals surface area contributed by atoms with Crippen LogP contribution in [0.3, 0.4) is 0 Å². The molecule has 0 rings (SSSR count). The van der Waals surface area contributed by atoms with Crippen LogP contribution in [0, 0.1) is 28.6 Å². The molecule has 0 radical (unpaired) electrons. The predicted molar refractivity (Wildman–Crippen MR) is 61.1 cm³/mol. The molecule has 0 saturated carbocycles. The summed E-state index contributed by atoms with van der Waals surface area (Å²) in [7, 11) is -2.34. The highest BCUT2D eigenvalue weighted by Gasteiger charge is 2.40. The summed E-state index contributed by atoms with van der Waals surface area (Å²) < 4.78 is 0. The van der Waals surface area contributed by atoms with E-state index < -0.39 is 20.3 Å². The summed E-state index contributed by atoms with van der Waals surface area (Å²) in [6.07, 6.45) is 0.466. The number of nitriles is 2. The zero-order valence-corrected chi connectivity index (χ0v) is 10.8. The van der Waals surface area contributed by atoms with Crippen molar-refractivity contribution >= 4 is 8.32 Å². The minimum atomic E-state index is -2.34.